The van der Waals surface area contributed by atoms with E-state index in [9.17, 15) is 4.79 Å². The van der Waals surface area contributed by atoms with Crippen LogP contribution < -0.4 is 0 Å². The van der Waals surface area contributed by atoms with Crippen LogP contribution in [-0.2, 0) is 4.79 Å². The second-order valence-electron chi connectivity index (χ2n) is 2.36. The number of hydrogen-bond donors (Lipinski definition) is 5. The van der Waals surface area contributed by atoms with Gasteiger partial charge >= 0.3 is 0 Å². The van der Waals surface area contributed by atoms with Gasteiger partial charge in [-0.3, -0.25) is 0 Å². The summed E-state index contributed by atoms with van der Waals surface area (Å²) in [6.07, 6.45) is -6.84. The van der Waals surface area contributed by atoms with Gasteiger partial charge in [-0.1, -0.05) is 0 Å². The molecule has 0 bridgehead atoms. The Balaban J connectivity index is 4.07. The molecule has 0 aliphatic rings. The first-order chi connectivity index (χ1) is 5.54. The van der Waals surface area contributed by atoms with Crippen LogP contribution >= 0.6 is 0 Å². The van der Waals surface area contributed by atoms with Crippen LogP contribution in [0.5, 0.6) is 0 Å². The zero-order chi connectivity index (χ0) is 9.72. The van der Waals surface area contributed by atoms with E-state index in [0.717, 1.165) is 0 Å². The third kappa shape index (κ3) is 2.84. The molecule has 4 atom stereocenters. The van der Waals surface area contributed by atoms with Crippen molar-refractivity contribution >= 4 is 6.29 Å². The highest BCUT2D eigenvalue weighted by Crippen LogP contribution is 2.02. The van der Waals surface area contributed by atoms with Crippen molar-refractivity contribution in [1.82, 2.24) is 0 Å². The largest absolute Gasteiger partial charge is 0.394 e. The first-order valence-electron chi connectivity index (χ1n) is 3.33. The number of carbonyl (C=O) groups is 1. The normalized spacial score (nSPS) is 21.1. The van der Waals surface area contributed by atoms with Crippen LogP contribution in [0.1, 0.15) is 0 Å². The third-order valence-corrected chi connectivity index (χ3v) is 1.42. The fourth-order valence-electron chi connectivity index (χ4n) is 0.618. The molecule has 0 aromatic carbocycles. The summed E-state index contributed by atoms with van der Waals surface area (Å²) in [5.41, 5.74) is 0. The van der Waals surface area contributed by atoms with Crippen molar-refractivity contribution in [2.24, 2.45) is 0 Å². The van der Waals surface area contributed by atoms with E-state index in [1.165, 1.54) is 0 Å². The molecule has 72 valence electrons. The average Bonchev–Trinajstić information content (AvgIpc) is 2.12. The summed E-state index contributed by atoms with van der Waals surface area (Å²) in [6, 6.07) is 0. The predicted octanol–water partition coefficient (Wildman–Crippen LogP) is -3.38. The maximum atomic E-state index is 9.90. The van der Waals surface area contributed by atoms with Gasteiger partial charge in [0.1, 0.15) is 24.4 Å². The number of rotatable bonds is 5. The topological polar surface area (TPSA) is 118 Å². The van der Waals surface area contributed by atoms with Gasteiger partial charge in [-0.15, -0.1) is 0 Å². The Morgan fingerprint density at radius 3 is 1.92 bits per heavy atom. The molecule has 0 aliphatic carbocycles. The summed E-state index contributed by atoms with van der Waals surface area (Å²) in [4.78, 5) is 9.90. The van der Waals surface area contributed by atoms with Crippen LogP contribution in [0.2, 0.25) is 0 Å². The maximum Gasteiger partial charge on any atom is 0.151 e. The second kappa shape index (κ2) is 5.18. The Labute approximate surface area is 68.7 Å². The van der Waals surface area contributed by atoms with E-state index in [1.54, 1.807) is 0 Å². The molecular weight excluding hydrogens is 171 g/mol. The van der Waals surface area contributed by atoms with E-state index < -0.39 is 31.0 Å². The minimum absolute atomic E-state index is 0.0258. The molecule has 0 spiro atoms. The van der Waals surface area contributed by atoms with Crippen molar-refractivity contribution in [3.05, 3.63) is 0 Å². The average molecular weight is 183 g/mol. The Morgan fingerprint density at radius 2 is 1.58 bits per heavy atom. The molecule has 6 heteroatoms. The highest BCUT2D eigenvalue weighted by atomic mass is 16.5. The minimum atomic E-state index is -1.79. The summed E-state index contributed by atoms with van der Waals surface area (Å²) in [7, 11) is 0. The molecule has 0 unspecified atom stereocenters. The maximum absolute atomic E-state index is 9.90. The molecule has 0 saturated carbocycles. The number of hydrogen-bond acceptors (Lipinski definition) is 6. The standard InChI is InChI=1S/C6H12O6/c7-1-3(9)5(11)6(12)4(10)2-8/h1,3-6,8-12H,2H2/t3-,4+,5+,6+/m0/s1/i2+1,4+1,6+1. The van der Waals surface area contributed by atoms with Gasteiger partial charge < -0.3 is 30.3 Å². The van der Waals surface area contributed by atoms with Crippen molar-refractivity contribution in [1.29, 1.82) is 0 Å². The van der Waals surface area contributed by atoms with Crippen LogP contribution in [0.3, 0.4) is 0 Å². The van der Waals surface area contributed by atoms with E-state index in [1.807, 2.05) is 0 Å². The molecule has 0 rings (SSSR count). The number of aliphatic hydroxyl groups excluding tert-OH is 5. The predicted molar refractivity (Wildman–Crippen MR) is 37.2 cm³/mol. The van der Waals surface area contributed by atoms with E-state index in [4.69, 9.17) is 25.5 Å². The molecule has 0 amide bonds. The van der Waals surface area contributed by atoms with E-state index in [0.29, 0.717) is 0 Å². The molecule has 5 N–H and O–H groups in total. The number of aldehydes is 1. The molecule has 0 heterocycles. The Kier molecular flexibility index (Phi) is 4.95. The zero-order valence-electron chi connectivity index (χ0n) is 6.24. The summed E-state index contributed by atoms with van der Waals surface area (Å²) >= 11 is 0. The summed E-state index contributed by atoms with van der Waals surface area (Å²) in [5.74, 6) is 0. The highest BCUT2D eigenvalue weighted by molar-refractivity contribution is 5.56. The fraction of sp³-hybridized carbons (Fsp3) is 0.833. The van der Waals surface area contributed by atoms with Crippen molar-refractivity contribution in [2.45, 2.75) is 24.4 Å². The third-order valence-electron chi connectivity index (χ3n) is 1.42. The van der Waals surface area contributed by atoms with Gasteiger partial charge in [0, 0.05) is 0 Å². The lowest BCUT2D eigenvalue weighted by Gasteiger charge is -2.22. The van der Waals surface area contributed by atoms with Gasteiger partial charge in [0.05, 0.1) is 6.61 Å². The lowest BCUT2D eigenvalue weighted by molar-refractivity contribution is -0.136. The summed E-state index contributed by atoms with van der Waals surface area (Å²) in [6.45, 7) is -0.760. The van der Waals surface area contributed by atoms with Crippen molar-refractivity contribution in [3.8, 4) is 0 Å². The minimum Gasteiger partial charge on any atom is -0.394 e. The smallest absolute Gasteiger partial charge is 0.151 e. The summed E-state index contributed by atoms with van der Waals surface area (Å²) in [5, 5.41) is 43.5. The molecule has 0 aromatic heterocycles. The molecule has 0 aromatic rings. The number of aliphatic hydroxyl groups is 5. The van der Waals surface area contributed by atoms with Crippen LogP contribution in [0.25, 0.3) is 0 Å². The summed E-state index contributed by atoms with van der Waals surface area (Å²) < 4.78 is 0. The van der Waals surface area contributed by atoms with Crippen LogP contribution in [0.4, 0.5) is 0 Å². The van der Waals surface area contributed by atoms with Crippen LogP contribution in [0.15, 0.2) is 0 Å². The molecule has 0 aliphatic heterocycles. The number of carbonyl (C=O) groups excluding carboxylic acids is 1. The molecule has 0 saturated heterocycles. The Hall–Kier alpha value is -0.530. The molecule has 0 radical (unpaired) electrons. The van der Waals surface area contributed by atoms with E-state index >= 15 is 0 Å². The van der Waals surface area contributed by atoms with Gasteiger partial charge in [-0.05, 0) is 0 Å². The van der Waals surface area contributed by atoms with Crippen molar-refractivity contribution in [2.75, 3.05) is 6.61 Å². The SMILES string of the molecule is O=C[C@H](O)[C@@H](O)[13C@H](O)[13C@H](O)[13CH2]O. The lowest BCUT2D eigenvalue weighted by atomic mass is 10.3. The second-order valence-corrected chi connectivity index (χ2v) is 2.36. The van der Waals surface area contributed by atoms with Gasteiger partial charge in [0.15, 0.2) is 6.29 Å². The first kappa shape index (κ1) is 11.5. The van der Waals surface area contributed by atoms with Crippen LogP contribution in [0, 0.1) is 0 Å². The lowest BCUT2D eigenvalue weighted by Crippen LogP contribution is -2.46. The molecule has 0 fully saturated rings. The monoisotopic (exact) mass is 183 g/mol. The van der Waals surface area contributed by atoms with Gasteiger partial charge in [-0.2, -0.15) is 0 Å². The first-order valence-corrected chi connectivity index (χ1v) is 3.33. The van der Waals surface area contributed by atoms with Gasteiger partial charge in [0.2, 0.25) is 0 Å². The van der Waals surface area contributed by atoms with Crippen LogP contribution in [-0.4, -0.2) is 62.8 Å². The van der Waals surface area contributed by atoms with Gasteiger partial charge in [-0.25, -0.2) is 0 Å². The quantitative estimate of drug-likeness (QED) is 0.224. The highest BCUT2D eigenvalue weighted by Gasteiger charge is 2.29. The van der Waals surface area contributed by atoms with E-state index in [2.05, 4.69) is 0 Å². The van der Waals surface area contributed by atoms with Crippen molar-refractivity contribution in [3.63, 3.8) is 0 Å². The van der Waals surface area contributed by atoms with E-state index in [-0.39, 0.29) is 6.29 Å². The van der Waals surface area contributed by atoms with Gasteiger partial charge in [0.25, 0.3) is 0 Å². The molecule has 6 nitrogen and oxygen atoms in total. The fourth-order valence-corrected chi connectivity index (χ4v) is 0.618. The zero-order valence-corrected chi connectivity index (χ0v) is 6.24. The molecular formula is C6H12O6. The van der Waals surface area contributed by atoms with Crippen molar-refractivity contribution < 1.29 is 30.3 Å². The Morgan fingerprint density at radius 1 is 1.08 bits per heavy atom. The molecule has 12 heavy (non-hydrogen) atoms. The Bertz CT molecular complexity index is 138.